The minimum absolute atomic E-state index is 0.563. The monoisotopic (exact) mass is 235 g/mol. The number of nitrogens with one attached hydrogen (secondary N) is 1. The van der Waals surface area contributed by atoms with E-state index in [1.165, 1.54) is 31.4 Å². The first-order valence-corrected chi connectivity index (χ1v) is 6.86. The van der Waals surface area contributed by atoms with Crippen molar-refractivity contribution in [1.82, 2.24) is 15.1 Å². The molecule has 3 nitrogen and oxygen atoms in total. The lowest BCUT2D eigenvalue weighted by Gasteiger charge is -2.25. The maximum atomic E-state index is 4.23. The zero-order chi connectivity index (χ0) is 12.3. The number of hydrogen-bond donors (Lipinski definition) is 1. The molecule has 0 aromatic carbocycles. The molecule has 0 saturated heterocycles. The van der Waals surface area contributed by atoms with Crippen LogP contribution in [0, 0.1) is 5.41 Å². The summed E-state index contributed by atoms with van der Waals surface area (Å²) in [6, 6.07) is 2.81. The van der Waals surface area contributed by atoms with Crippen LogP contribution in [0.15, 0.2) is 12.3 Å². The van der Waals surface area contributed by atoms with Gasteiger partial charge in [0.1, 0.15) is 0 Å². The Balaban J connectivity index is 1.87. The molecule has 2 rings (SSSR count). The van der Waals surface area contributed by atoms with Gasteiger partial charge in [-0.3, -0.25) is 4.68 Å². The molecule has 1 fully saturated rings. The molecule has 1 aromatic heterocycles. The van der Waals surface area contributed by atoms with Gasteiger partial charge in [-0.2, -0.15) is 5.10 Å². The summed E-state index contributed by atoms with van der Waals surface area (Å²) in [7, 11) is 2.03. The molecular formula is C14H25N3. The van der Waals surface area contributed by atoms with Crippen LogP contribution in [0.25, 0.3) is 0 Å². The number of aryl methyl sites for hydroxylation is 2. The minimum Gasteiger partial charge on any atom is -0.313 e. The summed E-state index contributed by atoms with van der Waals surface area (Å²) in [6.45, 7) is 5.80. The molecule has 0 radical (unpaired) electrons. The summed E-state index contributed by atoms with van der Waals surface area (Å²) < 4.78 is 1.99. The fourth-order valence-corrected chi connectivity index (χ4v) is 2.50. The van der Waals surface area contributed by atoms with Gasteiger partial charge in [0.05, 0.1) is 0 Å². The fraction of sp³-hybridized carbons (Fsp3) is 0.786. The maximum absolute atomic E-state index is 4.23. The van der Waals surface area contributed by atoms with Crippen LogP contribution >= 0.6 is 0 Å². The molecule has 1 unspecified atom stereocenters. The Morgan fingerprint density at radius 1 is 1.53 bits per heavy atom. The summed E-state index contributed by atoms with van der Waals surface area (Å²) in [5.74, 6) is 0. The van der Waals surface area contributed by atoms with Crippen molar-refractivity contribution in [2.45, 2.75) is 52.0 Å². The molecule has 0 amide bonds. The van der Waals surface area contributed by atoms with Gasteiger partial charge in [-0.1, -0.05) is 13.8 Å². The largest absolute Gasteiger partial charge is 0.313 e. The molecule has 0 aliphatic heterocycles. The van der Waals surface area contributed by atoms with Crippen LogP contribution in [0.2, 0.25) is 0 Å². The first-order chi connectivity index (χ1) is 8.15. The van der Waals surface area contributed by atoms with Crippen LogP contribution in [-0.2, 0) is 13.5 Å². The molecule has 0 spiro atoms. The molecule has 17 heavy (non-hydrogen) atoms. The van der Waals surface area contributed by atoms with E-state index in [2.05, 4.69) is 30.3 Å². The third kappa shape index (κ3) is 3.09. The second-order valence-corrected chi connectivity index (χ2v) is 5.65. The van der Waals surface area contributed by atoms with Gasteiger partial charge in [-0.25, -0.2) is 0 Å². The molecule has 96 valence electrons. The van der Waals surface area contributed by atoms with Crippen LogP contribution in [0.3, 0.4) is 0 Å². The van der Waals surface area contributed by atoms with E-state index in [0.717, 1.165) is 13.0 Å². The Morgan fingerprint density at radius 3 is 2.82 bits per heavy atom. The smallest absolute Gasteiger partial charge is 0.0492 e. The highest BCUT2D eigenvalue weighted by Gasteiger charge is 2.43. The summed E-state index contributed by atoms with van der Waals surface area (Å²) in [4.78, 5) is 0. The van der Waals surface area contributed by atoms with Crippen molar-refractivity contribution in [3.8, 4) is 0 Å². The molecule has 1 heterocycles. The van der Waals surface area contributed by atoms with Gasteiger partial charge in [-0.15, -0.1) is 0 Å². The standard InChI is InChI=1S/C14H25N3/c1-4-10-15-13(14(2)8-9-14)6-5-12-7-11-16-17(12)3/h7,11,13,15H,4-6,8-10H2,1-3H3. The van der Waals surface area contributed by atoms with Crippen molar-refractivity contribution >= 4 is 0 Å². The number of nitrogens with zero attached hydrogens (tertiary/aromatic N) is 2. The molecule has 1 saturated carbocycles. The van der Waals surface area contributed by atoms with Gasteiger partial charge < -0.3 is 5.32 Å². The molecular weight excluding hydrogens is 210 g/mol. The van der Waals surface area contributed by atoms with Crippen molar-refractivity contribution in [2.75, 3.05) is 6.54 Å². The lowest BCUT2D eigenvalue weighted by atomic mass is 9.93. The summed E-state index contributed by atoms with van der Waals surface area (Å²) in [5, 5.41) is 7.95. The molecule has 1 aliphatic carbocycles. The summed E-state index contributed by atoms with van der Waals surface area (Å²) >= 11 is 0. The van der Waals surface area contributed by atoms with Crippen molar-refractivity contribution in [1.29, 1.82) is 0 Å². The molecule has 3 heteroatoms. The first kappa shape index (κ1) is 12.6. The molecule has 1 atom stereocenters. The second kappa shape index (κ2) is 5.21. The third-order valence-corrected chi connectivity index (χ3v) is 4.13. The predicted octanol–water partition coefficient (Wildman–Crippen LogP) is 2.52. The van der Waals surface area contributed by atoms with E-state index in [4.69, 9.17) is 0 Å². The van der Waals surface area contributed by atoms with Crippen LogP contribution in [0.4, 0.5) is 0 Å². The van der Waals surface area contributed by atoms with Gasteiger partial charge in [0, 0.05) is 25.0 Å². The van der Waals surface area contributed by atoms with Crippen molar-refractivity contribution in [3.63, 3.8) is 0 Å². The van der Waals surface area contributed by atoms with E-state index in [0.29, 0.717) is 11.5 Å². The van der Waals surface area contributed by atoms with Gasteiger partial charge in [0.25, 0.3) is 0 Å². The maximum Gasteiger partial charge on any atom is 0.0492 e. The highest BCUT2D eigenvalue weighted by Crippen LogP contribution is 2.49. The van der Waals surface area contributed by atoms with E-state index in [1.807, 2.05) is 17.9 Å². The Bertz CT molecular complexity index is 352. The average molecular weight is 235 g/mol. The molecule has 1 aromatic rings. The SMILES string of the molecule is CCCNC(CCc1ccnn1C)C1(C)CC1. The predicted molar refractivity (Wildman–Crippen MR) is 71.0 cm³/mol. The Kier molecular flexibility index (Phi) is 3.87. The fourth-order valence-electron chi connectivity index (χ4n) is 2.50. The zero-order valence-electron chi connectivity index (χ0n) is 11.4. The van der Waals surface area contributed by atoms with Crippen LogP contribution in [0.5, 0.6) is 0 Å². The Labute approximate surface area is 105 Å². The van der Waals surface area contributed by atoms with E-state index >= 15 is 0 Å². The Hall–Kier alpha value is -0.830. The zero-order valence-corrected chi connectivity index (χ0v) is 11.4. The van der Waals surface area contributed by atoms with E-state index in [9.17, 15) is 0 Å². The topological polar surface area (TPSA) is 29.9 Å². The minimum atomic E-state index is 0.563. The average Bonchev–Trinajstić information content (AvgIpc) is 2.92. The van der Waals surface area contributed by atoms with Gasteiger partial charge in [0.15, 0.2) is 0 Å². The normalized spacial score (nSPS) is 19.2. The van der Waals surface area contributed by atoms with Crippen molar-refractivity contribution in [3.05, 3.63) is 18.0 Å². The highest BCUT2D eigenvalue weighted by molar-refractivity contribution is 5.04. The second-order valence-electron chi connectivity index (χ2n) is 5.65. The number of hydrogen-bond acceptors (Lipinski definition) is 2. The summed E-state index contributed by atoms with van der Waals surface area (Å²) in [5.41, 5.74) is 1.91. The van der Waals surface area contributed by atoms with E-state index in [-0.39, 0.29) is 0 Å². The molecule has 1 aliphatic rings. The van der Waals surface area contributed by atoms with Crippen LogP contribution < -0.4 is 5.32 Å². The third-order valence-electron chi connectivity index (χ3n) is 4.13. The van der Waals surface area contributed by atoms with Gasteiger partial charge >= 0.3 is 0 Å². The highest BCUT2D eigenvalue weighted by atomic mass is 15.2. The van der Waals surface area contributed by atoms with E-state index < -0.39 is 0 Å². The quantitative estimate of drug-likeness (QED) is 0.787. The number of aromatic nitrogens is 2. The first-order valence-electron chi connectivity index (χ1n) is 6.86. The van der Waals surface area contributed by atoms with E-state index in [1.54, 1.807) is 0 Å². The summed E-state index contributed by atoms with van der Waals surface area (Å²) in [6.07, 6.45) is 8.25. The Morgan fingerprint density at radius 2 is 2.29 bits per heavy atom. The number of rotatable bonds is 7. The van der Waals surface area contributed by atoms with Crippen LogP contribution in [-0.4, -0.2) is 22.4 Å². The van der Waals surface area contributed by atoms with Crippen LogP contribution in [0.1, 0.15) is 45.2 Å². The van der Waals surface area contributed by atoms with Crippen molar-refractivity contribution in [2.24, 2.45) is 12.5 Å². The van der Waals surface area contributed by atoms with Gasteiger partial charge in [-0.05, 0) is 50.1 Å². The molecule has 0 bridgehead atoms. The molecule has 1 N–H and O–H groups in total. The van der Waals surface area contributed by atoms with Crippen molar-refractivity contribution < 1.29 is 0 Å². The van der Waals surface area contributed by atoms with Gasteiger partial charge in [0.2, 0.25) is 0 Å². The lowest BCUT2D eigenvalue weighted by molar-refractivity contribution is 0.335. The lowest BCUT2D eigenvalue weighted by Crippen LogP contribution is -2.37.